The summed E-state index contributed by atoms with van der Waals surface area (Å²) in [6, 6.07) is 4.59. The molecule has 7 heteroatoms. The van der Waals surface area contributed by atoms with E-state index in [0.29, 0.717) is 23.9 Å². The van der Waals surface area contributed by atoms with Gasteiger partial charge in [-0.05, 0) is 44.6 Å². The van der Waals surface area contributed by atoms with Crippen LogP contribution in [0, 0.1) is 0 Å². The molecule has 2 fully saturated rings. The zero-order chi connectivity index (χ0) is 17.2. The molecular weight excluding hydrogens is 314 g/mol. The molecule has 0 aliphatic heterocycles. The number of anilines is 3. The molecule has 2 aliphatic carbocycles. The summed E-state index contributed by atoms with van der Waals surface area (Å²) >= 11 is 0. The van der Waals surface area contributed by atoms with Gasteiger partial charge >= 0.3 is 0 Å². The minimum Gasteiger partial charge on any atom is -0.328 e. The third kappa shape index (κ3) is 3.66. The fourth-order valence-electron chi connectivity index (χ4n) is 3.45. The van der Waals surface area contributed by atoms with Gasteiger partial charge in [0.05, 0.1) is 0 Å². The van der Waals surface area contributed by atoms with Gasteiger partial charge in [-0.25, -0.2) is 4.98 Å². The molecule has 2 aliphatic rings. The van der Waals surface area contributed by atoms with E-state index in [2.05, 4.69) is 43.0 Å². The Morgan fingerprint density at radius 3 is 2.72 bits per heavy atom. The van der Waals surface area contributed by atoms with Crippen molar-refractivity contribution < 1.29 is 0 Å². The molecule has 2 saturated carbocycles. The zero-order valence-electron chi connectivity index (χ0n) is 14.4. The Bertz CT molecular complexity index is 729. The van der Waals surface area contributed by atoms with Gasteiger partial charge in [0.2, 0.25) is 5.95 Å². The van der Waals surface area contributed by atoms with Crippen molar-refractivity contribution in [1.82, 2.24) is 20.2 Å². The van der Waals surface area contributed by atoms with Crippen molar-refractivity contribution >= 4 is 17.6 Å². The SMILES string of the molecule is C=CN(c1nccc(Nc2cc(C3CC3)[nH]n2)n1)C1CCC(N)CC1. The maximum absolute atomic E-state index is 6.02. The highest BCUT2D eigenvalue weighted by atomic mass is 15.3. The van der Waals surface area contributed by atoms with E-state index in [1.807, 2.05) is 12.3 Å². The quantitative estimate of drug-likeness (QED) is 0.748. The Labute approximate surface area is 147 Å². The van der Waals surface area contributed by atoms with Crippen LogP contribution < -0.4 is 16.0 Å². The molecule has 0 amide bonds. The summed E-state index contributed by atoms with van der Waals surface area (Å²) in [7, 11) is 0. The highest BCUT2D eigenvalue weighted by Gasteiger charge is 2.26. The predicted octanol–water partition coefficient (Wildman–Crippen LogP) is 3.04. The van der Waals surface area contributed by atoms with E-state index < -0.39 is 0 Å². The first-order valence-electron chi connectivity index (χ1n) is 9.05. The van der Waals surface area contributed by atoms with Crippen molar-refractivity contribution in [2.45, 2.75) is 56.5 Å². The van der Waals surface area contributed by atoms with Crippen LogP contribution in [0.1, 0.15) is 50.1 Å². The molecule has 0 radical (unpaired) electrons. The molecule has 4 rings (SSSR count). The zero-order valence-corrected chi connectivity index (χ0v) is 14.4. The molecule has 2 aromatic heterocycles. The van der Waals surface area contributed by atoms with E-state index in [-0.39, 0.29) is 0 Å². The lowest BCUT2D eigenvalue weighted by atomic mass is 9.91. The summed E-state index contributed by atoms with van der Waals surface area (Å²) < 4.78 is 0. The summed E-state index contributed by atoms with van der Waals surface area (Å²) in [6.07, 6.45) is 10.2. The van der Waals surface area contributed by atoms with Crippen LogP contribution in [-0.2, 0) is 0 Å². The summed E-state index contributed by atoms with van der Waals surface area (Å²) in [5.74, 6) is 2.84. The van der Waals surface area contributed by atoms with Crippen molar-refractivity contribution in [1.29, 1.82) is 0 Å². The number of hydrogen-bond acceptors (Lipinski definition) is 6. The topological polar surface area (TPSA) is 95.8 Å². The largest absolute Gasteiger partial charge is 0.328 e. The molecule has 7 nitrogen and oxygen atoms in total. The van der Waals surface area contributed by atoms with Crippen LogP contribution in [0.5, 0.6) is 0 Å². The van der Waals surface area contributed by atoms with Gasteiger partial charge in [-0.1, -0.05) is 6.58 Å². The number of nitrogens with zero attached hydrogens (tertiary/aromatic N) is 4. The molecule has 0 atom stereocenters. The number of nitrogens with one attached hydrogen (secondary N) is 2. The molecule has 0 unspecified atom stereocenters. The van der Waals surface area contributed by atoms with Gasteiger partial charge in [0.25, 0.3) is 0 Å². The van der Waals surface area contributed by atoms with E-state index >= 15 is 0 Å². The van der Waals surface area contributed by atoms with Gasteiger partial charge in [0, 0.05) is 42.2 Å². The first kappa shape index (κ1) is 16.1. The third-order valence-electron chi connectivity index (χ3n) is 5.08. The Balaban J connectivity index is 1.48. The van der Waals surface area contributed by atoms with Crippen LogP contribution >= 0.6 is 0 Å². The van der Waals surface area contributed by atoms with Gasteiger partial charge in [-0.15, -0.1) is 0 Å². The van der Waals surface area contributed by atoms with E-state index in [4.69, 9.17) is 5.73 Å². The van der Waals surface area contributed by atoms with Crippen molar-refractivity contribution in [2.24, 2.45) is 5.73 Å². The molecule has 4 N–H and O–H groups in total. The lowest BCUT2D eigenvalue weighted by molar-refractivity contribution is 0.387. The van der Waals surface area contributed by atoms with Gasteiger partial charge in [0.15, 0.2) is 5.82 Å². The summed E-state index contributed by atoms with van der Waals surface area (Å²) in [5, 5.41) is 10.7. The molecule has 0 aromatic carbocycles. The lowest BCUT2D eigenvalue weighted by Gasteiger charge is -2.33. The average Bonchev–Trinajstić information content (AvgIpc) is 3.38. The van der Waals surface area contributed by atoms with Crippen molar-refractivity contribution in [3.63, 3.8) is 0 Å². The van der Waals surface area contributed by atoms with Gasteiger partial charge in [0.1, 0.15) is 5.82 Å². The minimum atomic E-state index is 0.317. The minimum absolute atomic E-state index is 0.317. The average molecular weight is 339 g/mol. The number of hydrogen-bond donors (Lipinski definition) is 3. The highest BCUT2D eigenvalue weighted by Crippen LogP contribution is 2.39. The Kier molecular flexibility index (Phi) is 4.40. The fourth-order valence-corrected chi connectivity index (χ4v) is 3.45. The van der Waals surface area contributed by atoms with Gasteiger partial charge in [-0.3, -0.25) is 5.10 Å². The van der Waals surface area contributed by atoms with Crippen LogP contribution in [0.3, 0.4) is 0 Å². The normalized spacial score (nSPS) is 23.2. The first-order chi connectivity index (χ1) is 12.2. The van der Waals surface area contributed by atoms with E-state index in [1.54, 1.807) is 6.20 Å². The molecule has 0 spiro atoms. The number of H-pyrrole nitrogens is 1. The van der Waals surface area contributed by atoms with Gasteiger partial charge in [-0.2, -0.15) is 10.1 Å². The summed E-state index contributed by atoms with van der Waals surface area (Å²) in [4.78, 5) is 11.2. The maximum Gasteiger partial charge on any atom is 0.231 e. The molecular formula is C18H25N7. The third-order valence-corrected chi connectivity index (χ3v) is 5.08. The second-order valence-electron chi connectivity index (χ2n) is 7.01. The molecule has 25 heavy (non-hydrogen) atoms. The first-order valence-corrected chi connectivity index (χ1v) is 9.05. The molecule has 2 aromatic rings. The lowest BCUT2D eigenvalue weighted by Crippen LogP contribution is -2.38. The maximum atomic E-state index is 6.02. The molecule has 2 heterocycles. The fraction of sp³-hybridized carbons (Fsp3) is 0.500. The summed E-state index contributed by atoms with van der Waals surface area (Å²) in [5.41, 5.74) is 7.22. The number of rotatable bonds is 6. The monoisotopic (exact) mass is 339 g/mol. The van der Waals surface area contributed by atoms with Crippen molar-refractivity contribution in [3.05, 3.63) is 36.8 Å². The second-order valence-corrected chi connectivity index (χ2v) is 7.01. The van der Waals surface area contributed by atoms with Crippen molar-refractivity contribution in [2.75, 3.05) is 10.2 Å². The highest BCUT2D eigenvalue weighted by molar-refractivity contribution is 5.54. The Morgan fingerprint density at radius 2 is 2.00 bits per heavy atom. The van der Waals surface area contributed by atoms with Crippen LogP contribution in [0.25, 0.3) is 0 Å². The predicted molar refractivity (Wildman–Crippen MR) is 98.8 cm³/mol. The number of aromatic nitrogens is 4. The Hall–Kier alpha value is -2.41. The van der Waals surface area contributed by atoms with Crippen LogP contribution in [0.15, 0.2) is 31.1 Å². The summed E-state index contributed by atoms with van der Waals surface area (Å²) in [6.45, 7) is 3.95. The molecule has 0 saturated heterocycles. The standard InChI is InChI=1S/C18H25N7/c1-2-25(14-7-5-13(19)6-8-14)18-20-10-9-16(22-18)21-17-11-15(23-24-17)12-3-4-12/h2,9-14H,1,3-8,19H2,(H2,20,21,22,23,24). The smallest absolute Gasteiger partial charge is 0.231 e. The van der Waals surface area contributed by atoms with Crippen molar-refractivity contribution in [3.8, 4) is 0 Å². The van der Waals surface area contributed by atoms with E-state index in [9.17, 15) is 0 Å². The molecule has 132 valence electrons. The van der Waals surface area contributed by atoms with Crippen LogP contribution in [-0.4, -0.2) is 32.2 Å². The number of nitrogens with two attached hydrogens (primary N) is 1. The van der Waals surface area contributed by atoms with E-state index in [1.165, 1.54) is 18.5 Å². The number of aromatic amines is 1. The van der Waals surface area contributed by atoms with Gasteiger partial charge < -0.3 is 16.0 Å². The molecule has 0 bridgehead atoms. The Morgan fingerprint density at radius 1 is 1.20 bits per heavy atom. The second kappa shape index (κ2) is 6.84. The van der Waals surface area contributed by atoms with E-state index in [0.717, 1.165) is 37.3 Å². The van der Waals surface area contributed by atoms with Crippen LogP contribution in [0.4, 0.5) is 17.6 Å². The van der Waals surface area contributed by atoms with Crippen LogP contribution in [0.2, 0.25) is 0 Å².